The zero-order chi connectivity index (χ0) is 22.5. The molecule has 0 spiro atoms. The molecule has 0 atom stereocenters. The molecule has 2 heterocycles. The second-order valence-electron chi connectivity index (χ2n) is 8.43. The molecule has 4 rings (SSSR count). The summed E-state index contributed by atoms with van der Waals surface area (Å²) in [5, 5.41) is 6.87. The maximum Gasteiger partial charge on any atom is 0.138 e. The minimum atomic E-state index is 0.650. The van der Waals surface area contributed by atoms with Crippen molar-refractivity contribution in [2.24, 2.45) is 0 Å². The maximum absolute atomic E-state index is 4.70. The Morgan fingerprint density at radius 2 is 1.56 bits per heavy atom. The first-order valence-corrected chi connectivity index (χ1v) is 11.2. The van der Waals surface area contributed by atoms with Crippen LogP contribution in [0.4, 0.5) is 28.7 Å². The molecule has 0 amide bonds. The van der Waals surface area contributed by atoms with Gasteiger partial charge in [-0.05, 0) is 56.8 Å². The van der Waals surface area contributed by atoms with Crippen molar-refractivity contribution >= 4 is 28.7 Å². The van der Waals surface area contributed by atoms with Crippen molar-refractivity contribution in [1.82, 2.24) is 14.9 Å². The maximum atomic E-state index is 4.70. The van der Waals surface area contributed by atoms with Crippen LogP contribution >= 0.6 is 0 Å². The second-order valence-corrected chi connectivity index (χ2v) is 8.43. The van der Waals surface area contributed by atoms with Crippen LogP contribution in [-0.2, 0) is 0 Å². The van der Waals surface area contributed by atoms with Gasteiger partial charge in [0.1, 0.15) is 17.5 Å². The third kappa shape index (κ3) is 5.48. The molecule has 0 bridgehead atoms. The van der Waals surface area contributed by atoms with Crippen LogP contribution in [0, 0.1) is 13.8 Å². The molecule has 2 N–H and O–H groups in total. The highest BCUT2D eigenvalue weighted by atomic mass is 15.3. The third-order valence-electron chi connectivity index (χ3n) is 5.82. The molecule has 1 saturated heterocycles. The molecule has 1 aromatic heterocycles. The van der Waals surface area contributed by atoms with Gasteiger partial charge in [0.25, 0.3) is 0 Å². The van der Waals surface area contributed by atoms with Gasteiger partial charge in [0.15, 0.2) is 0 Å². The molecule has 2 aromatic carbocycles. The average molecular weight is 432 g/mol. The molecule has 3 aromatic rings. The zero-order valence-electron chi connectivity index (χ0n) is 19.5. The predicted octanol–water partition coefficient (Wildman–Crippen LogP) is 4.09. The highest BCUT2D eigenvalue weighted by Gasteiger charge is 2.18. The SMILES string of the molecule is Cc1cccc(NCNc2cccc(N(C)c3cc(N4CCN(C)CC4)nc(C)n3)c2)c1. The summed E-state index contributed by atoms with van der Waals surface area (Å²) in [4.78, 5) is 16.2. The van der Waals surface area contributed by atoms with Crippen LogP contribution in [0.15, 0.2) is 54.6 Å². The lowest BCUT2D eigenvalue weighted by atomic mass is 10.2. The average Bonchev–Trinajstić information content (AvgIpc) is 2.79. The second kappa shape index (κ2) is 9.87. The van der Waals surface area contributed by atoms with Gasteiger partial charge in [-0.15, -0.1) is 0 Å². The number of likely N-dealkylation sites (N-methyl/N-ethyl adjacent to an activating group) is 1. The smallest absolute Gasteiger partial charge is 0.138 e. The molecular weight excluding hydrogens is 398 g/mol. The number of hydrogen-bond donors (Lipinski definition) is 2. The van der Waals surface area contributed by atoms with E-state index < -0.39 is 0 Å². The minimum Gasteiger partial charge on any atom is -0.368 e. The number of piperazine rings is 1. The fourth-order valence-electron chi connectivity index (χ4n) is 3.87. The Morgan fingerprint density at radius 3 is 2.28 bits per heavy atom. The molecule has 7 nitrogen and oxygen atoms in total. The Labute approximate surface area is 191 Å². The number of nitrogens with one attached hydrogen (secondary N) is 2. The molecule has 1 fully saturated rings. The highest BCUT2D eigenvalue weighted by molar-refractivity contribution is 5.66. The van der Waals surface area contributed by atoms with E-state index in [4.69, 9.17) is 9.97 Å². The van der Waals surface area contributed by atoms with Crippen molar-refractivity contribution in [3.8, 4) is 0 Å². The minimum absolute atomic E-state index is 0.650. The number of anilines is 5. The topological polar surface area (TPSA) is 59.6 Å². The summed E-state index contributed by atoms with van der Waals surface area (Å²) in [6.07, 6.45) is 0. The first-order chi connectivity index (χ1) is 15.5. The van der Waals surface area contributed by atoms with Crippen LogP contribution in [0.1, 0.15) is 11.4 Å². The summed E-state index contributed by atoms with van der Waals surface area (Å²) in [5.74, 6) is 2.70. The predicted molar refractivity (Wildman–Crippen MR) is 134 cm³/mol. The van der Waals surface area contributed by atoms with Gasteiger partial charge in [0, 0.05) is 56.4 Å². The van der Waals surface area contributed by atoms with E-state index in [1.54, 1.807) is 0 Å². The van der Waals surface area contributed by atoms with Crippen LogP contribution < -0.4 is 20.4 Å². The van der Waals surface area contributed by atoms with Crippen molar-refractivity contribution in [2.75, 3.05) is 67.4 Å². The number of nitrogens with zero attached hydrogens (tertiary/aromatic N) is 5. The number of hydrogen-bond acceptors (Lipinski definition) is 7. The third-order valence-corrected chi connectivity index (χ3v) is 5.82. The lowest BCUT2D eigenvalue weighted by molar-refractivity contribution is 0.312. The van der Waals surface area contributed by atoms with Gasteiger partial charge in [-0.1, -0.05) is 18.2 Å². The van der Waals surface area contributed by atoms with Crippen molar-refractivity contribution in [2.45, 2.75) is 13.8 Å². The van der Waals surface area contributed by atoms with Gasteiger partial charge in [0.2, 0.25) is 0 Å². The monoisotopic (exact) mass is 431 g/mol. The Morgan fingerprint density at radius 1 is 0.875 bits per heavy atom. The van der Waals surface area contributed by atoms with E-state index >= 15 is 0 Å². The van der Waals surface area contributed by atoms with E-state index in [2.05, 4.69) is 101 Å². The first-order valence-electron chi connectivity index (χ1n) is 11.2. The molecule has 32 heavy (non-hydrogen) atoms. The molecule has 0 radical (unpaired) electrons. The van der Waals surface area contributed by atoms with Gasteiger partial charge < -0.3 is 25.3 Å². The number of benzene rings is 2. The summed E-state index contributed by atoms with van der Waals surface area (Å²) in [6.45, 7) is 8.80. The summed E-state index contributed by atoms with van der Waals surface area (Å²) in [7, 11) is 4.22. The van der Waals surface area contributed by atoms with E-state index in [-0.39, 0.29) is 0 Å². The van der Waals surface area contributed by atoms with Gasteiger partial charge in [-0.3, -0.25) is 0 Å². The largest absolute Gasteiger partial charge is 0.368 e. The molecule has 0 saturated carbocycles. The van der Waals surface area contributed by atoms with E-state index in [1.807, 2.05) is 6.92 Å². The molecular formula is C25H33N7. The Kier molecular flexibility index (Phi) is 6.75. The quantitative estimate of drug-likeness (QED) is 0.546. The summed E-state index contributed by atoms with van der Waals surface area (Å²) >= 11 is 0. The van der Waals surface area contributed by atoms with Crippen LogP contribution in [0.3, 0.4) is 0 Å². The standard InChI is InChI=1S/C25H33N7/c1-19-7-5-8-21(15-19)26-18-27-22-9-6-10-23(16-22)31(4)24-17-25(29-20(2)28-24)32-13-11-30(3)12-14-32/h5-10,15-17,26-27H,11-14,18H2,1-4H3. The van der Waals surface area contributed by atoms with Crippen LogP contribution in [0.2, 0.25) is 0 Å². The molecule has 7 heteroatoms. The number of aryl methyl sites for hydroxylation is 2. The normalized spacial score (nSPS) is 14.3. The van der Waals surface area contributed by atoms with Crippen molar-refractivity contribution in [3.05, 3.63) is 66.0 Å². The van der Waals surface area contributed by atoms with Crippen molar-refractivity contribution < 1.29 is 0 Å². The lowest BCUT2D eigenvalue weighted by Gasteiger charge is -2.33. The van der Waals surface area contributed by atoms with Crippen LogP contribution in [0.25, 0.3) is 0 Å². The van der Waals surface area contributed by atoms with Crippen molar-refractivity contribution in [3.63, 3.8) is 0 Å². The molecule has 168 valence electrons. The fourth-order valence-corrected chi connectivity index (χ4v) is 3.87. The Balaban J connectivity index is 1.44. The number of rotatable bonds is 7. The lowest BCUT2D eigenvalue weighted by Crippen LogP contribution is -2.45. The van der Waals surface area contributed by atoms with Gasteiger partial charge >= 0.3 is 0 Å². The summed E-state index contributed by atoms with van der Waals surface area (Å²) < 4.78 is 0. The van der Waals surface area contributed by atoms with Crippen LogP contribution in [0.5, 0.6) is 0 Å². The molecule has 1 aliphatic rings. The summed E-state index contributed by atoms with van der Waals surface area (Å²) in [5.41, 5.74) is 4.49. The molecule has 0 aliphatic carbocycles. The fraction of sp³-hybridized carbons (Fsp3) is 0.360. The van der Waals surface area contributed by atoms with E-state index in [0.29, 0.717) is 6.67 Å². The Hall–Kier alpha value is -3.32. The highest BCUT2D eigenvalue weighted by Crippen LogP contribution is 2.27. The molecule has 1 aliphatic heterocycles. The summed E-state index contributed by atoms with van der Waals surface area (Å²) in [6, 6.07) is 18.9. The van der Waals surface area contributed by atoms with E-state index in [9.17, 15) is 0 Å². The molecule has 0 unspecified atom stereocenters. The van der Waals surface area contributed by atoms with Crippen LogP contribution in [-0.4, -0.2) is 61.8 Å². The van der Waals surface area contributed by atoms with Gasteiger partial charge in [-0.25, -0.2) is 9.97 Å². The van der Waals surface area contributed by atoms with Gasteiger partial charge in [-0.2, -0.15) is 0 Å². The van der Waals surface area contributed by atoms with Gasteiger partial charge in [0.05, 0.1) is 6.67 Å². The first kappa shape index (κ1) is 21.9. The Bertz CT molecular complexity index is 1040. The van der Waals surface area contributed by atoms with E-state index in [1.165, 1.54) is 5.56 Å². The number of aromatic nitrogens is 2. The van der Waals surface area contributed by atoms with Crippen molar-refractivity contribution in [1.29, 1.82) is 0 Å². The van der Waals surface area contributed by atoms with E-state index in [0.717, 1.165) is 60.7 Å². The zero-order valence-corrected chi connectivity index (χ0v) is 19.5.